The summed E-state index contributed by atoms with van der Waals surface area (Å²) in [5.41, 5.74) is 6.19. The molecule has 0 amide bonds. The van der Waals surface area contributed by atoms with Gasteiger partial charge >= 0.3 is 0 Å². The smallest absolute Gasteiger partial charge is 0.265 e. The zero-order chi connectivity index (χ0) is 15.6. The summed E-state index contributed by atoms with van der Waals surface area (Å²) >= 11 is 5.67. The second-order valence-electron chi connectivity index (χ2n) is 4.24. The minimum atomic E-state index is -2.72. The Morgan fingerprint density at radius 2 is 2.14 bits per heavy atom. The van der Waals surface area contributed by atoms with Crippen molar-refractivity contribution >= 4 is 28.9 Å². The highest BCUT2D eigenvalue weighted by Gasteiger charge is 2.18. The number of amidine groups is 1. The van der Waals surface area contributed by atoms with Gasteiger partial charge in [-0.2, -0.15) is 0 Å². The molecule has 0 saturated heterocycles. The number of nitrogens with zero attached hydrogens (tertiary/aromatic N) is 3. The molecule has 5 nitrogen and oxygen atoms in total. The minimum absolute atomic E-state index is 0.00404. The van der Waals surface area contributed by atoms with E-state index in [9.17, 15) is 8.78 Å². The second-order valence-corrected chi connectivity index (χ2v) is 4.64. The van der Waals surface area contributed by atoms with Crippen molar-refractivity contribution in [3.05, 3.63) is 46.9 Å². The van der Waals surface area contributed by atoms with Crippen LogP contribution in [0.25, 0.3) is 0 Å². The standard InChI is InChI=1S/C13H12ClF2N5/c1-21(13(18)8-5-19-3-2-10(8)17)11-4-7(12(15)16)9(14)6-20-11/h2-6,12,18H,1H3,(H2,17,19). The van der Waals surface area contributed by atoms with Crippen molar-refractivity contribution in [2.75, 3.05) is 17.7 Å². The maximum absolute atomic E-state index is 12.8. The van der Waals surface area contributed by atoms with Crippen molar-refractivity contribution in [3.63, 3.8) is 0 Å². The van der Waals surface area contributed by atoms with E-state index in [4.69, 9.17) is 22.7 Å². The first kappa shape index (κ1) is 15.1. The molecule has 2 aromatic rings. The van der Waals surface area contributed by atoms with E-state index in [-0.39, 0.29) is 22.2 Å². The first-order valence-electron chi connectivity index (χ1n) is 5.87. The lowest BCUT2D eigenvalue weighted by Gasteiger charge is -2.20. The molecular formula is C13H12ClF2N5. The highest BCUT2D eigenvalue weighted by atomic mass is 35.5. The van der Waals surface area contributed by atoms with E-state index in [1.54, 1.807) is 6.07 Å². The SMILES string of the molecule is CN(C(=N)c1cnccc1N)c1cc(C(F)F)c(Cl)cn1. The number of hydrogen-bond acceptors (Lipinski definition) is 4. The monoisotopic (exact) mass is 311 g/mol. The van der Waals surface area contributed by atoms with Gasteiger partial charge in [0, 0.05) is 36.9 Å². The molecule has 0 aliphatic heterocycles. The van der Waals surface area contributed by atoms with Crippen molar-refractivity contribution in [1.82, 2.24) is 9.97 Å². The first-order valence-corrected chi connectivity index (χ1v) is 6.25. The molecule has 2 rings (SSSR count). The van der Waals surface area contributed by atoms with Gasteiger partial charge in [0.1, 0.15) is 11.7 Å². The van der Waals surface area contributed by atoms with Crippen molar-refractivity contribution in [2.45, 2.75) is 6.43 Å². The van der Waals surface area contributed by atoms with Crippen molar-refractivity contribution in [2.24, 2.45) is 0 Å². The molecule has 2 aromatic heterocycles. The highest BCUT2D eigenvalue weighted by molar-refractivity contribution is 6.31. The molecule has 0 bridgehead atoms. The molecule has 0 aliphatic rings. The topological polar surface area (TPSA) is 78.9 Å². The predicted octanol–water partition coefficient (Wildman–Crippen LogP) is 3.11. The lowest BCUT2D eigenvalue weighted by atomic mass is 10.2. The van der Waals surface area contributed by atoms with Crippen LogP contribution in [0.5, 0.6) is 0 Å². The van der Waals surface area contributed by atoms with Crippen LogP contribution in [-0.2, 0) is 0 Å². The van der Waals surface area contributed by atoms with Crippen LogP contribution in [0, 0.1) is 5.41 Å². The molecule has 0 fully saturated rings. The lowest BCUT2D eigenvalue weighted by molar-refractivity contribution is 0.151. The maximum atomic E-state index is 12.8. The molecule has 0 atom stereocenters. The van der Waals surface area contributed by atoms with Gasteiger partial charge in [-0.3, -0.25) is 10.4 Å². The van der Waals surface area contributed by atoms with E-state index in [0.717, 1.165) is 12.3 Å². The third-order valence-corrected chi connectivity index (χ3v) is 3.21. The molecule has 3 N–H and O–H groups in total. The quantitative estimate of drug-likeness (QED) is 0.674. The van der Waals surface area contributed by atoms with E-state index >= 15 is 0 Å². The van der Waals surface area contributed by atoms with Gasteiger partial charge in [-0.05, 0) is 12.1 Å². The van der Waals surface area contributed by atoms with Crippen LogP contribution in [0.4, 0.5) is 20.3 Å². The summed E-state index contributed by atoms with van der Waals surface area (Å²) in [4.78, 5) is 9.18. The predicted molar refractivity (Wildman–Crippen MR) is 78.1 cm³/mol. The molecule has 21 heavy (non-hydrogen) atoms. The van der Waals surface area contributed by atoms with Crippen molar-refractivity contribution in [1.29, 1.82) is 5.41 Å². The Hall–Kier alpha value is -2.28. The summed E-state index contributed by atoms with van der Waals surface area (Å²) in [6.07, 6.45) is 1.35. The summed E-state index contributed by atoms with van der Waals surface area (Å²) in [5, 5.41) is 7.97. The first-order chi connectivity index (χ1) is 9.91. The Morgan fingerprint density at radius 3 is 2.76 bits per heavy atom. The fourth-order valence-corrected chi connectivity index (χ4v) is 1.88. The number of halogens is 3. The fourth-order valence-electron chi connectivity index (χ4n) is 1.69. The molecule has 2 heterocycles. The number of aromatic nitrogens is 2. The van der Waals surface area contributed by atoms with Crippen LogP contribution >= 0.6 is 11.6 Å². The van der Waals surface area contributed by atoms with Gasteiger partial charge in [0.25, 0.3) is 6.43 Å². The van der Waals surface area contributed by atoms with Crippen LogP contribution in [-0.4, -0.2) is 22.9 Å². The molecular weight excluding hydrogens is 300 g/mol. The Bertz CT molecular complexity index is 677. The van der Waals surface area contributed by atoms with E-state index in [1.807, 2.05) is 0 Å². The number of anilines is 2. The maximum Gasteiger partial charge on any atom is 0.265 e. The molecule has 0 spiro atoms. The van der Waals surface area contributed by atoms with Gasteiger partial charge in [-0.25, -0.2) is 13.8 Å². The van der Waals surface area contributed by atoms with Crippen molar-refractivity contribution < 1.29 is 8.78 Å². The Morgan fingerprint density at radius 1 is 1.43 bits per heavy atom. The third-order valence-electron chi connectivity index (χ3n) is 2.89. The van der Waals surface area contributed by atoms with Gasteiger partial charge in [0.15, 0.2) is 0 Å². The van der Waals surface area contributed by atoms with Gasteiger partial charge in [-0.15, -0.1) is 0 Å². The normalized spacial score (nSPS) is 10.7. The zero-order valence-corrected chi connectivity index (χ0v) is 11.8. The average Bonchev–Trinajstić information content (AvgIpc) is 2.46. The molecule has 0 saturated carbocycles. The van der Waals surface area contributed by atoms with Gasteiger partial charge in [-0.1, -0.05) is 11.6 Å². The molecule has 0 aromatic carbocycles. The third kappa shape index (κ3) is 3.08. The lowest BCUT2D eigenvalue weighted by Crippen LogP contribution is -2.28. The summed E-state index contributed by atoms with van der Waals surface area (Å²) in [7, 11) is 1.53. The van der Waals surface area contributed by atoms with Gasteiger partial charge in [0.2, 0.25) is 0 Å². The number of nitrogens with two attached hydrogens (primary N) is 1. The number of rotatable bonds is 3. The molecule has 0 radical (unpaired) electrons. The summed E-state index contributed by atoms with van der Waals surface area (Å²) in [6.45, 7) is 0. The van der Waals surface area contributed by atoms with Crippen molar-refractivity contribution in [3.8, 4) is 0 Å². The number of pyridine rings is 2. The van der Waals surface area contributed by atoms with Crippen LogP contribution in [0.2, 0.25) is 5.02 Å². The van der Waals surface area contributed by atoms with Crippen LogP contribution in [0.3, 0.4) is 0 Å². The van der Waals surface area contributed by atoms with Gasteiger partial charge < -0.3 is 10.6 Å². The Balaban J connectivity index is 2.36. The fraction of sp³-hybridized carbons (Fsp3) is 0.154. The summed E-state index contributed by atoms with van der Waals surface area (Å²) < 4.78 is 25.7. The highest BCUT2D eigenvalue weighted by Crippen LogP contribution is 2.29. The van der Waals surface area contributed by atoms with E-state index in [2.05, 4.69) is 9.97 Å². The number of nitrogen functional groups attached to an aromatic ring is 1. The Kier molecular flexibility index (Phi) is 4.32. The van der Waals surface area contributed by atoms with E-state index in [1.165, 1.54) is 24.3 Å². The summed E-state index contributed by atoms with van der Waals surface area (Å²) in [6, 6.07) is 2.70. The second kappa shape index (κ2) is 6.01. The van der Waals surface area contributed by atoms with Crippen LogP contribution in [0.15, 0.2) is 30.7 Å². The van der Waals surface area contributed by atoms with Crippen LogP contribution < -0.4 is 10.6 Å². The van der Waals surface area contributed by atoms with E-state index < -0.39 is 6.43 Å². The largest absolute Gasteiger partial charge is 0.398 e. The molecule has 0 unspecified atom stereocenters. The molecule has 8 heteroatoms. The zero-order valence-electron chi connectivity index (χ0n) is 11.0. The van der Waals surface area contributed by atoms with Crippen LogP contribution in [0.1, 0.15) is 17.6 Å². The number of nitrogens with one attached hydrogen (secondary N) is 1. The summed E-state index contributed by atoms with van der Waals surface area (Å²) in [5.74, 6) is 0.165. The molecule has 110 valence electrons. The number of alkyl halides is 2. The van der Waals surface area contributed by atoms with E-state index in [0.29, 0.717) is 11.3 Å². The molecule has 0 aliphatic carbocycles. The van der Waals surface area contributed by atoms with Gasteiger partial charge in [0.05, 0.1) is 10.6 Å². The number of hydrogen-bond donors (Lipinski definition) is 2. The Labute approximate surface area is 124 Å². The minimum Gasteiger partial charge on any atom is -0.398 e. The average molecular weight is 312 g/mol.